The van der Waals surface area contributed by atoms with E-state index in [4.69, 9.17) is 0 Å². The molecule has 0 spiro atoms. The number of aromatic nitrogens is 4. The fraction of sp³-hybridized carbons (Fsp3) is 0.118. The molecule has 0 saturated heterocycles. The van der Waals surface area contributed by atoms with Crippen LogP contribution >= 0.6 is 0 Å². The smallest absolute Gasteiger partial charge is 0.255 e. The number of amides is 2. The van der Waals surface area contributed by atoms with E-state index in [1.54, 1.807) is 42.5 Å². The summed E-state index contributed by atoms with van der Waals surface area (Å²) in [6.07, 6.45) is 1.50. The summed E-state index contributed by atoms with van der Waals surface area (Å²) in [7, 11) is 0. The predicted molar refractivity (Wildman–Crippen MR) is 92.6 cm³/mol. The number of carbonyl (C=O) groups excluding carboxylic acids is 2. The number of rotatable bonds is 4. The minimum Gasteiger partial charge on any atom is -0.326 e. The van der Waals surface area contributed by atoms with E-state index in [0.29, 0.717) is 16.9 Å². The SMILES string of the molecule is CC(=O)Nc1cccc(NC(=O)c2ccc(-n3cnnn3)c(C)c2)c1. The molecule has 0 saturated carbocycles. The second kappa shape index (κ2) is 6.91. The summed E-state index contributed by atoms with van der Waals surface area (Å²) >= 11 is 0. The van der Waals surface area contributed by atoms with Gasteiger partial charge in [-0.05, 0) is 59.3 Å². The number of nitrogens with zero attached hydrogens (tertiary/aromatic N) is 4. The highest BCUT2D eigenvalue weighted by Crippen LogP contribution is 2.18. The lowest BCUT2D eigenvalue weighted by Gasteiger charge is -2.10. The van der Waals surface area contributed by atoms with Gasteiger partial charge in [-0.25, -0.2) is 4.68 Å². The molecule has 1 aromatic heterocycles. The third-order valence-electron chi connectivity index (χ3n) is 3.50. The summed E-state index contributed by atoms with van der Waals surface area (Å²) in [5, 5.41) is 16.5. The van der Waals surface area contributed by atoms with Crippen molar-refractivity contribution in [2.45, 2.75) is 13.8 Å². The number of anilines is 2. The van der Waals surface area contributed by atoms with Gasteiger partial charge in [-0.3, -0.25) is 9.59 Å². The largest absolute Gasteiger partial charge is 0.326 e. The minimum atomic E-state index is -0.244. The highest BCUT2D eigenvalue weighted by molar-refractivity contribution is 6.05. The van der Waals surface area contributed by atoms with Gasteiger partial charge in [-0.2, -0.15) is 0 Å². The average Bonchev–Trinajstić information content (AvgIpc) is 3.08. The lowest BCUT2D eigenvalue weighted by atomic mass is 10.1. The number of hydrogen-bond acceptors (Lipinski definition) is 5. The number of hydrogen-bond donors (Lipinski definition) is 2. The van der Waals surface area contributed by atoms with E-state index in [2.05, 4.69) is 26.2 Å². The van der Waals surface area contributed by atoms with Gasteiger partial charge in [0.25, 0.3) is 5.91 Å². The molecule has 126 valence electrons. The van der Waals surface area contributed by atoms with Gasteiger partial charge < -0.3 is 10.6 Å². The molecule has 0 atom stereocenters. The molecule has 0 aliphatic rings. The summed E-state index contributed by atoms with van der Waals surface area (Å²) in [5.74, 6) is -0.413. The Morgan fingerprint density at radius 1 is 1.04 bits per heavy atom. The Balaban J connectivity index is 1.77. The molecule has 0 radical (unpaired) electrons. The Labute approximate surface area is 143 Å². The lowest BCUT2D eigenvalue weighted by molar-refractivity contribution is -0.114. The molecule has 2 aromatic carbocycles. The van der Waals surface area contributed by atoms with E-state index < -0.39 is 0 Å². The first-order chi connectivity index (χ1) is 12.0. The normalized spacial score (nSPS) is 10.3. The maximum absolute atomic E-state index is 12.5. The first-order valence-electron chi connectivity index (χ1n) is 7.56. The molecule has 3 aromatic rings. The number of aryl methyl sites for hydroxylation is 1. The molecule has 0 bridgehead atoms. The molecule has 2 amide bonds. The fourth-order valence-electron chi connectivity index (χ4n) is 2.41. The van der Waals surface area contributed by atoms with Crippen molar-refractivity contribution in [1.82, 2.24) is 20.2 Å². The van der Waals surface area contributed by atoms with Gasteiger partial charge in [0.1, 0.15) is 6.33 Å². The molecule has 3 rings (SSSR count). The molecule has 0 aliphatic carbocycles. The van der Waals surface area contributed by atoms with E-state index in [1.165, 1.54) is 17.9 Å². The van der Waals surface area contributed by atoms with E-state index in [-0.39, 0.29) is 11.8 Å². The molecule has 2 N–H and O–H groups in total. The van der Waals surface area contributed by atoms with Crippen LogP contribution in [0.15, 0.2) is 48.8 Å². The Bertz CT molecular complexity index is 921. The van der Waals surface area contributed by atoms with Crippen LogP contribution in [0.25, 0.3) is 5.69 Å². The fourth-order valence-corrected chi connectivity index (χ4v) is 2.41. The molecular formula is C17H16N6O2. The molecule has 8 heteroatoms. The first kappa shape index (κ1) is 16.3. The number of nitrogens with one attached hydrogen (secondary N) is 2. The molecule has 0 aliphatic heterocycles. The van der Waals surface area contributed by atoms with Crippen LogP contribution in [-0.2, 0) is 4.79 Å². The molecule has 1 heterocycles. The summed E-state index contributed by atoms with van der Waals surface area (Å²) in [6, 6.07) is 12.2. The topological polar surface area (TPSA) is 102 Å². The minimum absolute atomic E-state index is 0.169. The van der Waals surface area contributed by atoms with Gasteiger partial charge in [-0.15, -0.1) is 5.10 Å². The maximum Gasteiger partial charge on any atom is 0.255 e. The Kier molecular flexibility index (Phi) is 4.51. The molecular weight excluding hydrogens is 320 g/mol. The highest BCUT2D eigenvalue weighted by atomic mass is 16.2. The van der Waals surface area contributed by atoms with Gasteiger partial charge >= 0.3 is 0 Å². The van der Waals surface area contributed by atoms with Crippen molar-refractivity contribution >= 4 is 23.2 Å². The van der Waals surface area contributed by atoms with Crippen molar-refractivity contribution in [3.05, 3.63) is 59.9 Å². The van der Waals surface area contributed by atoms with Crippen molar-refractivity contribution in [2.24, 2.45) is 0 Å². The predicted octanol–water partition coefficient (Wildman–Crippen LogP) is 2.18. The Hall–Kier alpha value is -3.55. The van der Waals surface area contributed by atoms with Crippen LogP contribution in [0.1, 0.15) is 22.8 Å². The van der Waals surface area contributed by atoms with Crippen molar-refractivity contribution in [3.8, 4) is 5.69 Å². The van der Waals surface area contributed by atoms with Gasteiger partial charge in [0.05, 0.1) is 5.69 Å². The third-order valence-corrected chi connectivity index (χ3v) is 3.50. The Morgan fingerprint density at radius 3 is 2.44 bits per heavy atom. The van der Waals surface area contributed by atoms with Crippen molar-refractivity contribution in [3.63, 3.8) is 0 Å². The van der Waals surface area contributed by atoms with Gasteiger partial charge in [0.2, 0.25) is 5.91 Å². The van der Waals surface area contributed by atoms with Crippen molar-refractivity contribution in [1.29, 1.82) is 0 Å². The number of benzene rings is 2. The van der Waals surface area contributed by atoms with Crippen LogP contribution in [0.5, 0.6) is 0 Å². The number of tetrazole rings is 1. The standard InChI is InChI=1S/C17H16N6O2/c1-11-8-13(6-7-16(11)23-10-18-21-22-23)17(25)20-15-5-3-4-14(9-15)19-12(2)24/h3-10H,1-2H3,(H,19,24)(H,20,25). The monoisotopic (exact) mass is 336 g/mol. The van der Waals surface area contributed by atoms with Crippen LogP contribution < -0.4 is 10.6 Å². The molecule has 0 unspecified atom stereocenters. The zero-order chi connectivity index (χ0) is 17.8. The van der Waals surface area contributed by atoms with Crippen LogP contribution in [0.4, 0.5) is 11.4 Å². The summed E-state index contributed by atoms with van der Waals surface area (Å²) in [6.45, 7) is 3.31. The van der Waals surface area contributed by atoms with Crippen LogP contribution in [0.2, 0.25) is 0 Å². The highest BCUT2D eigenvalue weighted by Gasteiger charge is 2.10. The molecule has 8 nitrogen and oxygen atoms in total. The Morgan fingerprint density at radius 2 is 1.80 bits per heavy atom. The van der Waals surface area contributed by atoms with E-state index in [9.17, 15) is 9.59 Å². The quantitative estimate of drug-likeness (QED) is 0.760. The lowest BCUT2D eigenvalue weighted by Crippen LogP contribution is -2.13. The van der Waals surface area contributed by atoms with Gasteiger partial charge in [0, 0.05) is 23.9 Å². The summed E-state index contributed by atoms with van der Waals surface area (Å²) in [4.78, 5) is 23.6. The maximum atomic E-state index is 12.5. The van der Waals surface area contributed by atoms with Crippen LogP contribution in [-0.4, -0.2) is 32.0 Å². The third kappa shape index (κ3) is 3.86. The van der Waals surface area contributed by atoms with Gasteiger partial charge in [-0.1, -0.05) is 6.07 Å². The van der Waals surface area contributed by atoms with E-state index in [1.807, 2.05) is 6.92 Å². The number of carbonyl (C=O) groups is 2. The van der Waals surface area contributed by atoms with Crippen LogP contribution in [0, 0.1) is 6.92 Å². The summed E-state index contributed by atoms with van der Waals surface area (Å²) < 4.78 is 1.54. The van der Waals surface area contributed by atoms with Crippen molar-refractivity contribution < 1.29 is 9.59 Å². The van der Waals surface area contributed by atoms with Crippen LogP contribution in [0.3, 0.4) is 0 Å². The zero-order valence-corrected chi connectivity index (χ0v) is 13.7. The second-order valence-electron chi connectivity index (χ2n) is 5.47. The van der Waals surface area contributed by atoms with E-state index in [0.717, 1.165) is 11.3 Å². The van der Waals surface area contributed by atoms with Gasteiger partial charge in [0.15, 0.2) is 0 Å². The first-order valence-corrected chi connectivity index (χ1v) is 7.56. The molecule has 0 fully saturated rings. The summed E-state index contributed by atoms with van der Waals surface area (Å²) in [5.41, 5.74) is 3.40. The zero-order valence-electron chi connectivity index (χ0n) is 13.7. The molecule has 25 heavy (non-hydrogen) atoms. The average molecular weight is 336 g/mol. The second-order valence-corrected chi connectivity index (χ2v) is 5.47. The van der Waals surface area contributed by atoms with E-state index >= 15 is 0 Å². The van der Waals surface area contributed by atoms with Crippen molar-refractivity contribution in [2.75, 3.05) is 10.6 Å².